The molecule has 140 valence electrons. The van der Waals surface area contributed by atoms with Crippen molar-refractivity contribution in [2.45, 2.75) is 0 Å². The van der Waals surface area contributed by atoms with Crippen molar-refractivity contribution in [3.63, 3.8) is 0 Å². The van der Waals surface area contributed by atoms with Crippen molar-refractivity contribution in [3.8, 4) is 11.5 Å². The number of carbonyl (C=O) groups excluding carboxylic acids is 2. The van der Waals surface area contributed by atoms with Gasteiger partial charge in [0, 0.05) is 16.3 Å². The van der Waals surface area contributed by atoms with Crippen LogP contribution in [0.15, 0.2) is 46.9 Å². The Bertz CT molecular complexity index is 1180. The monoisotopic (exact) mass is 457 g/mol. The largest absolute Gasteiger partial charge is 0.455 e. The van der Waals surface area contributed by atoms with Gasteiger partial charge in [0.15, 0.2) is 17.3 Å². The maximum absolute atomic E-state index is 13.3. The first-order chi connectivity index (χ1) is 13.3. The molecule has 0 aliphatic heterocycles. The first-order valence-corrected chi connectivity index (χ1v) is 9.30. The van der Waals surface area contributed by atoms with Crippen molar-refractivity contribution in [2.75, 3.05) is 17.2 Å². The molecule has 0 fully saturated rings. The number of hydrogen-bond acceptors (Lipinski definition) is 6. The normalized spacial score (nSPS) is 12.5. The van der Waals surface area contributed by atoms with Crippen molar-refractivity contribution in [3.05, 3.63) is 74.2 Å². The number of hydrogen-bond donors (Lipinski definition) is 3. The molecule has 0 bridgehead atoms. The van der Waals surface area contributed by atoms with E-state index in [0.717, 1.165) is 0 Å². The number of nitrogen functional groups attached to an aromatic ring is 3. The van der Waals surface area contributed by atoms with E-state index in [-0.39, 0.29) is 49.5 Å². The van der Waals surface area contributed by atoms with Crippen molar-refractivity contribution in [1.82, 2.24) is 0 Å². The molecule has 0 unspecified atom stereocenters. The second-order valence-corrected chi connectivity index (χ2v) is 7.43. The predicted molar refractivity (Wildman–Crippen MR) is 112 cm³/mol. The highest BCUT2D eigenvalue weighted by Crippen LogP contribution is 2.47. The van der Waals surface area contributed by atoms with Gasteiger partial charge in [-0.15, -0.1) is 0 Å². The summed E-state index contributed by atoms with van der Waals surface area (Å²) in [6, 6.07) is 11.3. The summed E-state index contributed by atoms with van der Waals surface area (Å²) in [5, 5.41) is 0.529. The molecule has 1 aliphatic carbocycles. The molecule has 4 rings (SSSR count). The van der Waals surface area contributed by atoms with Crippen LogP contribution in [-0.4, -0.2) is 11.6 Å². The molecule has 0 saturated carbocycles. The van der Waals surface area contributed by atoms with Crippen LogP contribution < -0.4 is 21.9 Å². The second-order valence-electron chi connectivity index (χ2n) is 6.20. The molecule has 3 aromatic carbocycles. The average Bonchev–Trinajstić information content (AvgIpc) is 2.67. The number of rotatable bonds is 2. The third-order valence-corrected chi connectivity index (χ3v) is 5.57. The number of ether oxygens (including phenoxy) is 1. The van der Waals surface area contributed by atoms with E-state index in [1.165, 1.54) is 0 Å². The number of fused-ring (bicyclic) bond motifs is 2. The van der Waals surface area contributed by atoms with Gasteiger partial charge in [0.2, 0.25) is 0 Å². The highest BCUT2D eigenvalue weighted by atomic mass is 79.9. The summed E-state index contributed by atoms with van der Waals surface area (Å²) in [4.78, 5) is 26.4. The Morgan fingerprint density at radius 2 is 1.50 bits per heavy atom. The number of anilines is 3. The maximum atomic E-state index is 13.3. The highest BCUT2D eigenvalue weighted by Gasteiger charge is 2.38. The Balaban J connectivity index is 2.00. The molecule has 0 saturated heterocycles. The minimum absolute atomic E-state index is 0.00224. The average molecular weight is 459 g/mol. The molecule has 28 heavy (non-hydrogen) atoms. The fourth-order valence-corrected chi connectivity index (χ4v) is 3.79. The summed E-state index contributed by atoms with van der Waals surface area (Å²) in [6.07, 6.45) is 0. The van der Waals surface area contributed by atoms with E-state index in [0.29, 0.717) is 10.8 Å². The van der Waals surface area contributed by atoms with Crippen LogP contribution in [-0.2, 0) is 0 Å². The molecular formula is C20H13BrClN3O3. The van der Waals surface area contributed by atoms with Gasteiger partial charge in [0.25, 0.3) is 0 Å². The zero-order chi connectivity index (χ0) is 20.2. The van der Waals surface area contributed by atoms with Gasteiger partial charge in [-0.1, -0.05) is 23.7 Å². The smallest absolute Gasteiger partial charge is 0.198 e. The quantitative estimate of drug-likeness (QED) is 0.382. The van der Waals surface area contributed by atoms with Crippen molar-refractivity contribution in [1.29, 1.82) is 0 Å². The molecule has 0 atom stereocenters. The summed E-state index contributed by atoms with van der Waals surface area (Å²) in [6.45, 7) is 0. The number of nitrogens with two attached hydrogens (primary N) is 3. The van der Waals surface area contributed by atoms with Crippen LogP contribution in [0.1, 0.15) is 31.8 Å². The third-order valence-electron chi connectivity index (χ3n) is 4.53. The van der Waals surface area contributed by atoms with E-state index in [2.05, 4.69) is 15.9 Å². The molecule has 1 aliphatic rings. The molecule has 3 aromatic rings. The molecule has 8 heteroatoms. The highest BCUT2D eigenvalue weighted by molar-refractivity contribution is 9.10. The molecule has 0 amide bonds. The summed E-state index contributed by atoms with van der Waals surface area (Å²) < 4.78 is 6.20. The lowest BCUT2D eigenvalue weighted by Crippen LogP contribution is -2.25. The van der Waals surface area contributed by atoms with Gasteiger partial charge in [0.1, 0.15) is 5.75 Å². The summed E-state index contributed by atoms with van der Waals surface area (Å²) in [5.74, 6) is -0.376. The second kappa shape index (κ2) is 6.54. The van der Waals surface area contributed by atoms with E-state index in [4.69, 9.17) is 33.5 Å². The van der Waals surface area contributed by atoms with Crippen LogP contribution in [0.3, 0.4) is 0 Å². The minimum Gasteiger partial charge on any atom is -0.455 e. The van der Waals surface area contributed by atoms with Crippen molar-refractivity contribution in [2.24, 2.45) is 0 Å². The van der Waals surface area contributed by atoms with Crippen LogP contribution in [0, 0.1) is 0 Å². The van der Waals surface area contributed by atoms with E-state index >= 15 is 0 Å². The SMILES string of the molecule is Nc1cccc2c1C(=O)c1c(N)c(N)c(Br)c(Oc3ccc(Cl)cc3)c1C2=O. The first-order valence-electron chi connectivity index (χ1n) is 8.13. The Labute approximate surface area is 173 Å². The topological polar surface area (TPSA) is 121 Å². The maximum Gasteiger partial charge on any atom is 0.198 e. The molecule has 6 N–H and O–H groups in total. The molecule has 0 aromatic heterocycles. The Hall–Kier alpha value is -3.03. The molecular weight excluding hydrogens is 446 g/mol. The van der Waals surface area contributed by atoms with Gasteiger partial charge in [-0.05, 0) is 46.3 Å². The lowest BCUT2D eigenvalue weighted by atomic mass is 9.81. The Morgan fingerprint density at radius 1 is 0.821 bits per heavy atom. The third kappa shape index (κ3) is 2.63. The summed E-state index contributed by atoms with van der Waals surface area (Å²) >= 11 is 9.25. The van der Waals surface area contributed by atoms with E-state index in [1.807, 2.05) is 0 Å². The van der Waals surface area contributed by atoms with Crippen LogP contribution in [0.25, 0.3) is 0 Å². The van der Waals surface area contributed by atoms with E-state index < -0.39 is 11.6 Å². The number of halogens is 2. The van der Waals surface area contributed by atoms with Gasteiger partial charge >= 0.3 is 0 Å². The summed E-state index contributed by atoms with van der Waals surface area (Å²) in [5.41, 5.74) is 18.8. The van der Waals surface area contributed by atoms with Crippen LogP contribution in [0.4, 0.5) is 17.1 Å². The molecule has 0 spiro atoms. The zero-order valence-corrected chi connectivity index (χ0v) is 16.6. The van der Waals surface area contributed by atoms with Gasteiger partial charge < -0.3 is 21.9 Å². The van der Waals surface area contributed by atoms with Gasteiger partial charge in [-0.25, -0.2) is 0 Å². The Morgan fingerprint density at radius 3 is 2.18 bits per heavy atom. The Kier molecular flexibility index (Phi) is 4.28. The fraction of sp³-hybridized carbons (Fsp3) is 0. The summed E-state index contributed by atoms with van der Waals surface area (Å²) in [7, 11) is 0. The molecule has 0 heterocycles. The van der Waals surface area contributed by atoms with Crippen molar-refractivity contribution < 1.29 is 14.3 Å². The minimum atomic E-state index is -0.472. The lowest BCUT2D eigenvalue weighted by Gasteiger charge is -2.24. The van der Waals surface area contributed by atoms with Crippen LogP contribution in [0.2, 0.25) is 5.02 Å². The van der Waals surface area contributed by atoms with Crippen LogP contribution >= 0.6 is 27.5 Å². The van der Waals surface area contributed by atoms with E-state index in [9.17, 15) is 9.59 Å². The van der Waals surface area contributed by atoms with E-state index in [1.54, 1.807) is 42.5 Å². The number of benzene rings is 3. The number of ketones is 2. The standard InChI is InChI=1S/C20H13BrClN3O3/c21-15-17(25)16(24)13-14(20(15)28-9-6-4-8(22)5-7-9)18(26)10-2-1-3-11(23)12(10)19(13)27/h1-7H,23-25H2. The van der Waals surface area contributed by atoms with Gasteiger partial charge in [0.05, 0.1) is 32.5 Å². The molecule has 6 nitrogen and oxygen atoms in total. The van der Waals surface area contributed by atoms with Gasteiger partial charge in [-0.3, -0.25) is 9.59 Å². The fourth-order valence-electron chi connectivity index (χ4n) is 3.17. The first kappa shape index (κ1) is 18.3. The lowest BCUT2D eigenvalue weighted by molar-refractivity contribution is 0.0978. The zero-order valence-electron chi connectivity index (χ0n) is 14.3. The molecule has 0 radical (unpaired) electrons. The van der Waals surface area contributed by atoms with Gasteiger partial charge in [-0.2, -0.15) is 0 Å². The van der Waals surface area contributed by atoms with Crippen molar-refractivity contribution >= 4 is 56.2 Å². The predicted octanol–water partition coefficient (Wildman–Crippen LogP) is 4.42. The van der Waals surface area contributed by atoms with Crippen LogP contribution in [0.5, 0.6) is 11.5 Å². The number of carbonyl (C=O) groups is 2.